The minimum atomic E-state index is -1.68. The fourth-order valence-electron chi connectivity index (χ4n) is 11.3. The molecule has 4 aromatic carbocycles. The van der Waals surface area contributed by atoms with Crippen molar-refractivity contribution in [1.82, 2.24) is 9.97 Å². The molecule has 15 nitrogen and oxygen atoms in total. The van der Waals surface area contributed by atoms with Gasteiger partial charge in [-0.1, -0.05) is 108 Å². The number of aromatic nitrogens is 2. The second-order valence-corrected chi connectivity index (χ2v) is 30.7. The van der Waals surface area contributed by atoms with Gasteiger partial charge in [-0.05, 0) is 188 Å². The van der Waals surface area contributed by atoms with E-state index in [9.17, 15) is 24.6 Å². The average molecular weight is 1290 g/mol. The number of carbonyl (C=O) groups is 3. The van der Waals surface area contributed by atoms with Gasteiger partial charge in [0, 0.05) is 47.3 Å². The third kappa shape index (κ3) is 16.4. The molecule has 17 heteroatoms. The number of hydrogen-bond acceptors (Lipinski definition) is 15. The van der Waals surface area contributed by atoms with E-state index >= 15 is 0 Å². The summed E-state index contributed by atoms with van der Waals surface area (Å²) in [4.78, 5) is 47.6. The lowest BCUT2D eigenvalue weighted by molar-refractivity contribution is -0.128. The number of nitrogens with zero attached hydrogens (tertiary/aromatic N) is 2. The number of aliphatic hydroxyl groups is 2. The first-order valence-corrected chi connectivity index (χ1v) is 34.5. The van der Waals surface area contributed by atoms with Gasteiger partial charge in [-0.15, -0.1) is 0 Å². The Morgan fingerprint density at radius 1 is 0.727 bits per heavy atom. The molecule has 4 heterocycles. The number of rotatable bonds is 24. The highest BCUT2D eigenvalue weighted by molar-refractivity contribution is 9.10. The SMILES string of the molecule is CCCCc1ccc([C@@H](CC(C)=O)c2ccc3c(c2)OCO3)c(C(=O)OC)n1.CCCCc1ccc2c(n1)C(O)(c1ccc(OC)cc1C[C@H](C)CO)[C@H](C(C)=O)[C@H]2c1ccc2c(c1)OCO2.COc1ccc(Br)c(C[C@H](C)CO[Si](C)(C)C(C)(C)C)c1. The molecular formula is C71H91BrN2O13Si. The van der Waals surface area contributed by atoms with Gasteiger partial charge in [0.1, 0.15) is 28.7 Å². The molecular weight excluding hydrogens is 1200 g/mol. The van der Waals surface area contributed by atoms with Crippen LogP contribution in [0.25, 0.3) is 0 Å². The van der Waals surface area contributed by atoms with E-state index < -0.39 is 31.7 Å². The first-order chi connectivity index (χ1) is 41.9. The molecule has 0 bridgehead atoms. The molecule has 0 radical (unpaired) electrons. The second-order valence-electron chi connectivity index (χ2n) is 25.0. The maximum Gasteiger partial charge on any atom is 0.356 e. The van der Waals surface area contributed by atoms with Crippen LogP contribution in [0.15, 0.2) is 102 Å². The highest BCUT2D eigenvalue weighted by Crippen LogP contribution is 2.57. The summed E-state index contributed by atoms with van der Waals surface area (Å²) in [5.41, 5.74) is 6.79. The molecule has 1 unspecified atom stereocenters. The topological polar surface area (TPSA) is 191 Å². The smallest absolute Gasteiger partial charge is 0.356 e. The molecule has 9 rings (SSSR count). The molecule has 0 amide bonds. The number of aryl methyl sites for hydroxylation is 2. The molecule has 88 heavy (non-hydrogen) atoms. The second kappa shape index (κ2) is 30.7. The van der Waals surface area contributed by atoms with Gasteiger partial charge in [0.05, 0.1) is 32.9 Å². The molecule has 474 valence electrons. The van der Waals surface area contributed by atoms with E-state index in [1.807, 2.05) is 91.9 Å². The van der Waals surface area contributed by atoms with E-state index in [1.54, 1.807) is 28.1 Å². The zero-order valence-corrected chi connectivity index (χ0v) is 56.6. The highest BCUT2D eigenvalue weighted by atomic mass is 79.9. The monoisotopic (exact) mass is 1290 g/mol. The number of ether oxygens (including phenoxy) is 7. The van der Waals surface area contributed by atoms with Crippen LogP contribution in [0, 0.1) is 17.8 Å². The van der Waals surface area contributed by atoms with Crippen molar-refractivity contribution >= 4 is 41.8 Å². The standard InChI is InChI=1S/C32H37NO6.C22H25NO5.C17H29BrO2Si/c1-5-6-7-23-9-11-25-29(21-8-13-27-28(16-21)39-18-38-27)30(20(3)35)32(36,31(25)33-23)26-12-10-24(37-4)15-22(26)14-19(2)17-34;1-4-5-6-16-8-9-17(21(23-16)22(25)26-3)18(11-14(2)24)15-7-10-19-20(12-15)28-13-27-19;1-13(12-20-21(6,7)17(2,3)4)10-14-11-15(19-5)8-9-16(14)18/h8-13,15-16,19,29-30,34,36H,5-7,14,17-18H2,1-4H3;7-10,12,18H,4-6,11,13H2,1-3H3;8-9,11,13H,10,12H2,1-7H3/t19-,29-,30+,32?;18-;13-/m000/s1. The number of ketones is 2. The lowest BCUT2D eigenvalue weighted by Gasteiger charge is -2.37. The maximum absolute atomic E-state index is 13.6. The predicted molar refractivity (Wildman–Crippen MR) is 348 cm³/mol. The number of fused-ring (bicyclic) bond motifs is 3. The van der Waals surface area contributed by atoms with E-state index in [4.69, 9.17) is 42.6 Å². The Hall–Kier alpha value is -6.63. The molecule has 0 fully saturated rings. The highest BCUT2D eigenvalue weighted by Gasteiger charge is 2.57. The van der Waals surface area contributed by atoms with Gasteiger partial charge in [-0.25, -0.2) is 9.78 Å². The number of methoxy groups -OCH3 is 3. The summed E-state index contributed by atoms with van der Waals surface area (Å²) in [5.74, 6) is 2.40. The van der Waals surface area contributed by atoms with Crippen molar-refractivity contribution in [3.63, 3.8) is 0 Å². The summed E-state index contributed by atoms with van der Waals surface area (Å²) in [6.45, 7) is 24.1. The molecule has 0 saturated carbocycles. The van der Waals surface area contributed by atoms with E-state index in [0.717, 1.165) is 95.4 Å². The number of esters is 1. The first kappa shape index (κ1) is 68.9. The van der Waals surface area contributed by atoms with Crippen molar-refractivity contribution < 1.29 is 62.2 Å². The lowest BCUT2D eigenvalue weighted by Crippen LogP contribution is -2.41. The van der Waals surface area contributed by atoms with Crippen LogP contribution >= 0.6 is 15.9 Å². The molecule has 2 aliphatic heterocycles. The Bertz CT molecular complexity index is 3380. The van der Waals surface area contributed by atoms with Crippen molar-refractivity contribution in [1.29, 1.82) is 0 Å². The van der Waals surface area contributed by atoms with Crippen molar-refractivity contribution in [2.24, 2.45) is 17.8 Å². The van der Waals surface area contributed by atoms with Crippen LogP contribution in [0.4, 0.5) is 0 Å². The van der Waals surface area contributed by atoms with Gasteiger partial charge < -0.3 is 47.8 Å². The molecule has 0 saturated heterocycles. The number of carbonyl (C=O) groups excluding carboxylic acids is 3. The molecule has 3 aliphatic rings. The van der Waals surface area contributed by atoms with Crippen LogP contribution < -0.4 is 28.4 Å². The first-order valence-electron chi connectivity index (χ1n) is 30.8. The number of hydrogen-bond donors (Lipinski definition) is 2. The lowest BCUT2D eigenvalue weighted by atomic mass is 9.73. The molecule has 2 N–H and O–H groups in total. The fourth-order valence-corrected chi connectivity index (χ4v) is 12.9. The molecule has 0 spiro atoms. The summed E-state index contributed by atoms with van der Waals surface area (Å²) < 4.78 is 45.3. The van der Waals surface area contributed by atoms with E-state index in [0.29, 0.717) is 57.9 Å². The number of aliphatic hydroxyl groups excluding tert-OH is 1. The van der Waals surface area contributed by atoms with Gasteiger partial charge in [0.2, 0.25) is 13.6 Å². The number of halogens is 1. The van der Waals surface area contributed by atoms with Crippen LogP contribution in [-0.2, 0) is 50.0 Å². The Balaban J connectivity index is 0.000000199. The Morgan fingerprint density at radius 2 is 1.31 bits per heavy atom. The largest absolute Gasteiger partial charge is 0.497 e. The molecule has 6 aromatic rings. The van der Waals surface area contributed by atoms with Crippen LogP contribution in [-0.4, -0.2) is 94.2 Å². The quantitative estimate of drug-likeness (QED) is 0.0429. The summed E-state index contributed by atoms with van der Waals surface area (Å²) in [6, 6.07) is 30.8. The summed E-state index contributed by atoms with van der Waals surface area (Å²) in [7, 11) is 2.99. The summed E-state index contributed by atoms with van der Waals surface area (Å²) in [5, 5.41) is 23.0. The summed E-state index contributed by atoms with van der Waals surface area (Å²) >= 11 is 3.62. The summed E-state index contributed by atoms with van der Waals surface area (Å²) in [6.07, 6.45) is 7.38. The van der Waals surface area contributed by atoms with E-state index in [-0.39, 0.29) is 60.7 Å². The maximum atomic E-state index is 13.6. The van der Waals surface area contributed by atoms with Gasteiger partial charge in [0.25, 0.3) is 0 Å². The zero-order valence-electron chi connectivity index (χ0n) is 54.0. The van der Waals surface area contributed by atoms with Crippen molar-refractivity contribution in [2.45, 2.75) is 156 Å². The van der Waals surface area contributed by atoms with Gasteiger partial charge in [-0.3, -0.25) is 14.6 Å². The predicted octanol–water partition coefficient (Wildman–Crippen LogP) is 14.6. The Labute approximate surface area is 530 Å². The third-order valence-electron chi connectivity index (χ3n) is 17.2. The van der Waals surface area contributed by atoms with Gasteiger partial charge >= 0.3 is 5.97 Å². The average Bonchev–Trinajstić information content (AvgIpc) is 1.65. The van der Waals surface area contributed by atoms with Crippen LogP contribution in [0.5, 0.6) is 34.5 Å². The molecule has 6 atom stereocenters. The van der Waals surface area contributed by atoms with Crippen LogP contribution in [0.3, 0.4) is 0 Å². The van der Waals surface area contributed by atoms with E-state index in [1.165, 1.54) is 12.7 Å². The minimum Gasteiger partial charge on any atom is -0.497 e. The van der Waals surface area contributed by atoms with Crippen LogP contribution in [0.2, 0.25) is 18.1 Å². The van der Waals surface area contributed by atoms with Gasteiger partial charge in [-0.2, -0.15) is 0 Å². The van der Waals surface area contributed by atoms with Gasteiger partial charge in [0.15, 0.2) is 37.0 Å². The number of unbranched alkanes of at least 4 members (excludes halogenated alkanes) is 2. The third-order valence-corrected chi connectivity index (χ3v) is 22.5. The number of benzene rings is 4. The van der Waals surface area contributed by atoms with E-state index in [2.05, 4.69) is 87.7 Å². The minimum absolute atomic E-state index is 0.00103. The molecule has 2 aromatic heterocycles. The fraction of sp³-hybridized carbons (Fsp3) is 0.479. The Morgan fingerprint density at radius 3 is 1.90 bits per heavy atom. The normalized spacial score (nSPS) is 17.3. The Kier molecular flexibility index (Phi) is 24.0. The number of Topliss-reactive ketones (excluding diaryl/α,β-unsaturated/α-hetero) is 2. The molecule has 1 aliphatic carbocycles. The van der Waals surface area contributed by atoms with Crippen LogP contribution in [0.1, 0.15) is 173 Å². The van der Waals surface area contributed by atoms with Crippen molar-refractivity contribution in [3.05, 3.63) is 163 Å². The number of pyridine rings is 2. The van der Waals surface area contributed by atoms with Crippen molar-refractivity contribution in [2.75, 3.05) is 48.1 Å². The van der Waals surface area contributed by atoms with Crippen molar-refractivity contribution in [3.8, 4) is 34.5 Å². The zero-order chi connectivity index (χ0) is 64.1.